The molecule has 4 heteroatoms. The van der Waals surface area contributed by atoms with Gasteiger partial charge in [-0.25, -0.2) is 0 Å². The normalized spacial score (nSPS) is 11.6. The maximum atomic E-state index is 5.67. The zero-order valence-electron chi connectivity index (χ0n) is 10.9. The molecular formula is C14H20N2OS. The Morgan fingerprint density at radius 1 is 1.33 bits per heavy atom. The average Bonchev–Trinajstić information content (AvgIpc) is 2.98. The molecule has 0 aliphatic carbocycles. The van der Waals surface area contributed by atoms with Crippen LogP contribution in [0.3, 0.4) is 0 Å². The van der Waals surface area contributed by atoms with Gasteiger partial charge in [0.05, 0.1) is 12.8 Å². The summed E-state index contributed by atoms with van der Waals surface area (Å²) in [5.41, 5.74) is 6.87. The van der Waals surface area contributed by atoms with Crippen LogP contribution < -0.4 is 5.73 Å². The molecule has 2 aromatic heterocycles. The molecule has 0 saturated heterocycles. The Bertz CT molecular complexity index is 462. The minimum atomic E-state index is 0.466. The highest BCUT2D eigenvalue weighted by Gasteiger charge is 2.14. The van der Waals surface area contributed by atoms with Crippen molar-refractivity contribution in [1.29, 1.82) is 0 Å². The second-order valence-corrected chi connectivity index (χ2v) is 5.68. The quantitative estimate of drug-likeness (QED) is 0.871. The maximum absolute atomic E-state index is 5.67. The molecule has 0 radical (unpaired) electrons. The average molecular weight is 264 g/mol. The summed E-state index contributed by atoms with van der Waals surface area (Å²) < 4.78 is 5.38. The minimum Gasteiger partial charge on any atom is -0.468 e. The Labute approximate surface area is 112 Å². The molecule has 2 aromatic rings. The number of nitrogens with zero attached hydrogens (tertiary/aromatic N) is 1. The van der Waals surface area contributed by atoms with E-state index in [9.17, 15) is 0 Å². The molecule has 0 aliphatic rings. The molecule has 0 atom stereocenters. The third-order valence-electron chi connectivity index (χ3n) is 3.07. The van der Waals surface area contributed by atoms with Crippen molar-refractivity contribution in [3.63, 3.8) is 0 Å². The highest BCUT2D eigenvalue weighted by atomic mass is 32.1. The van der Waals surface area contributed by atoms with E-state index in [2.05, 4.69) is 36.3 Å². The molecule has 3 nitrogen and oxygen atoms in total. The predicted molar refractivity (Wildman–Crippen MR) is 75.3 cm³/mol. The van der Waals surface area contributed by atoms with Crippen molar-refractivity contribution in [2.45, 2.75) is 39.5 Å². The van der Waals surface area contributed by atoms with E-state index < -0.39 is 0 Å². The molecule has 0 spiro atoms. The number of thiophene rings is 1. The Morgan fingerprint density at radius 3 is 2.78 bits per heavy atom. The molecule has 0 aliphatic heterocycles. The van der Waals surface area contributed by atoms with Gasteiger partial charge in [-0.3, -0.25) is 4.90 Å². The summed E-state index contributed by atoms with van der Waals surface area (Å²) in [6.07, 6.45) is 1.72. The van der Waals surface area contributed by atoms with E-state index in [4.69, 9.17) is 10.2 Å². The van der Waals surface area contributed by atoms with Crippen LogP contribution in [0, 0.1) is 0 Å². The second-order valence-electron chi connectivity index (χ2n) is 4.65. The first kappa shape index (κ1) is 13.3. The van der Waals surface area contributed by atoms with Gasteiger partial charge >= 0.3 is 0 Å². The minimum absolute atomic E-state index is 0.466. The molecule has 98 valence electrons. The Balaban J connectivity index is 2.07. The monoisotopic (exact) mass is 264 g/mol. The SMILES string of the molecule is CC(C)N(Cc1cccs1)Cc1ccoc1CN. The van der Waals surface area contributed by atoms with E-state index in [1.54, 1.807) is 17.6 Å². The third-order valence-corrected chi connectivity index (χ3v) is 3.93. The lowest BCUT2D eigenvalue weighted by Crippen LogP contribution is -2.29. The van der Waals surface area contributed by atoms with E-state index in [-0.39, 0.29) is 0 Å². The first-order chi connectivity index (χ1) is 8.70. The lowest BCUT2D eigenvalue weighted by Gasteiger charge is -2.25. The van der Waals surface area contributed by atoms with Gasteiger partial charge in [0.2, 0.25) is 0 Å². The lowest BCUT2D eigenvalue weighted by atomic mass is 10.2. The standard InChI is InChI=1S/C14H20N2OS/c1-11(2)16(10-13-4-3-7-18-13)9-12-5-6-17-14(12)8-15/h3-7,11H,8-10,15H2,1-2H3. The first-order valence-corrected chi connectivity index (χ1v) is 7.10. The fraction of sp³-hybridized carbons (Fsp3) is 0.429. The van der Waals surface area contributed by atoms with Gasteiger partial charge in [0, 0.05) is 29.6 Å². The van der Waals surface area contributed by atoms with Crippen molar-refractivity contribution in [3.8, 4) is 0 Å². The number of hydrogen-bond acceptors (Lipinski definition) is 4. The van der Waals surface area contributed by atoms with Crippen LogP contribution in [0.1, 0.15) is 30.0 Å². The zero-order chi connectivity index (χ0) is 13.0. The molecule has 0 aromatic carbocycles. The number of furan rings is 1. The van der Waals surface area contributed by atoms with Gasteiger partial charge in [-0.15, -0.1) is 11.3 Å². The van der Waals surface area contributed by atoms with Gasteiger partial charge in [0.1, 0.15) is 5.76 Å². The van der Waals surface area contributed by atoms with Crippen molar-refractivity contribution in [3.05, 3.63) is 46.0 Å². The molecular weight excluding hydrogens is 244 g/mol. The van der Waals surface area contributed by atoms with Crippen LogP contribution in [0.2, 0.25) is 0 Å². The van der Waals surface area contributed by atoms with Crippen molar-refractivity contribution >= 4 is 11.3 Å². The van der Waals surface area contributed by atoms with E-state index in [1.807, 2.05) is 6.07 Å². The van der Waals surface area contributed by atoms with E-state index >= 15 is 0 Å². The first-order valence-electron chi connectivity index (χ1n) is 6.22. The Morgan fingerprint density at radius 2 is 2.17 bits per heavy atom. The van der Waals surface area contributed by atoms with Gasteiger partial charge in [-0.2, -0.15) is 0 Å². The highest BCUT2D eigenvalue weighted by Crippen LogP contribution is 2.19. The van der Waals surface area contributed by atoms with Crippen molar-refractivity contribution in [2.24, 2.45) is 5.73 Å². The summed E-state index contributed by atoms with van der Waals surface area (Å²) in [6.45, 7) is 6.77. The van der Waals surface area contributed by atoms with Crippen molar-refractivity contribution in [1.82, 2.24) is 4.90 Å². The summed E-state index contributed by atoms with van der Waals surface area (Å²) in [6, 6.07) is 6.79. The van der Waals surface area contributed by atoms with Crippen LogP contribution >= 0.6 is 11.3 Å². The van der Waals surface area contributed by atoms with Crippen LogP contribution in [0.5, 0.6) is 0 Å². The summed E-state index contributed by atoms with van der Waals surface area (Å²) >= 11 is 1.80. The Hall–Kier alpha value is -1.10. The predicted octanol–water partition coefficient (Wildman–Crippen LogP) is 3.21. The van der Waals surface area contributed by atoms with Crippen LogP contribution in [0.4, 0.5) is 0 Å². The van der Waals surface area contributed by atoms with Gasteiger partial charge in [0.25, 0.3) is 0 Å². The number of rotatable bonds is 6. The second kappa shape index (κ2) is 6.18. The van der Waals surface area contributed by atoms with Crippen molar-refractivity contribution < 1.29 is 4.42 Å². The molecule has 0 amide bonds. The number of hydrogen-bond donors (Lipinski definition) is 1. The maximum Gasteiger partial charge on any atom is 0.121 e. The third kappa shape index (κ3) is 3.22. The Kier molecular flexibility index (Phi) is 4.58. The molecule has 2 heterocycles. The van der Waals surface area contributed by atoms with Crippen LogP contribution in [-0.4, -0.2) is 10.9 Å². The summed E-state index contributed by atoms with van der Waals surface area (Å²) in [4.78, 5) is 3.82. The molecule has 0 fully saturated rings. The smallest absolute Gasteiger partial charge is 0.121 e. The van der Waals surface area contributed by atoms with Crippen LogP contribution in [0.15, 0.2) is 34.3 Å². The lowest BCUT2D eigenvalue weighted by molar-refractivity contribution is 0.204. The fourth-order valence-electron chi connectivity index (χ4n) is 1.93. The molecule has 18 heavy (non-hydrogen) atoms. The highest BCUT2D eigenvalue weighted by molar-refractivity contribution is 7.09. The van der Waals surface area contributed by atoms with E-state index in [1.165, 1.54) is 10.4 Å². The van der Waals surface area contributed by atoms with E-state index in [0.717, 1.165) is 18.8 Å². The summed E-state index contributed by atoms with van der Waals surface area (Å²) in [7, 11) is 0. The molecule has 0 bridgehead atoms. The number of nitrogens with two attached hydrogens (primary N) is 1. The largest absolute Gasteiger partial charge is 0.468 e. The van der Waals surface area contributed by atoms with Gasteiger partial charge in [-0.05, 0) is 31.4 Å². The van der Waals surface area contributed by atoms with Gasteiger partial charge < -0.3 is 10.2 Å². The zero-order valence-corrected chi connectivity index (χ0v) is 11.7. The molecule has 0 saturated carbocycles. The van der Waals surface area contributed by atoms with Crippen LogP contribution in [0.25, 0.3) is 0 Å². The van der Waals surface area contributed by atoms with Gasteiger partial charge in [0.15, 0.2) is 0 Å². The van der Waals surface area contributed by atoms with E-state index in [0.29, 0.717) is 12.6 Å². The molecule has 2 rings (SSSR count). The van der Waals surface area contributed by atoms with Crippen molar-refractivity contribution in [2.75, 3.05) is 0 Å². The summed E-state index contributed by atoms with van der Waals surface area (Å²) in [5, 5.41) is 2.12. The van der Waals surface area contributed by atoms with Gasteiger partial charge in [-0.1, -0.05) is 6.07 Å². The topological polar surface area (TPSA) is 42.4 Å². The van der Waals surface area contributed by atoms with Crippen LogP contribution in [-0.2, 0) is 19.6 Å². The molecule has 0 unspecified atom stereocenters. The summed E-state index contributed by atoms with van der Waals surface area (Å²) in [5.74, 6) is 0.895. The fourth-order valence-corrected chi connectivity index (χ4v) is 2.66. The molecule has 2 N–H and O–H groups in total.